The number of benzene rings is 1. The number of anilines is 1. The third kappa shape index (κ3) is 1.55. The van der Waals surface area contributed by atoms with Crippen LogP contribution >= 0.6 is 27.5 Å². The number of nitrogens with one attached hydrogen (secondary N) is 1. The third-order valence-corrected chi connectivity index (χ3v) is 3.46. The molecule has 0 saturated carbocycles. The van der Waals surface area contributed by atoms with Crippen LogP contribution < -0.4 is 5.32 Å². The Labute approximate surface area is 89.4 Å². The lowest BCUT2D eigenvalue weighted by Crippen LogP contribution is -2.14. The predicted molar refractivity (Wildman–Crippen MR) is 56.2 cm³/mol. The van der Waals surface area contributed by atoms with Crippen LogP contribution in [-0.2, 0) is 0 Å². The molecule has 1 aromatic carbocycles. The van der Waals surface area contributed by atoms with E-state index in [9.17, 15) is 4.39 Å². The molecule has 2 rings (SSSR count). The summed E-state index contributed by atoms with van der Waals surface area (Å²) in [6.07, 6.45) is 0.927. The Hall–Kier alpha value is -0.280. The number of fused-ring (bicyclic) bond motifs is 1. The van der Waals surface area contributed by atoms with Gasteiger partial charge < -0.3 is 5.32 Å². The summed E-state index contributed by atoms with van der Waals surface area (Å²) in [5.41, 5.74) is 1.77. The van der Waals surface area contributed by atoms with Gasteiger partial charge in [-0.25, -0.2) is 4.39 Å². The number of rotatable bonds is 0. The Morgan fingerprint density at radius 1 is 1.54 bits per heavy atom. The number of hydrogen-bond acceptors (Lipinski definition) is 1. The molecule has 1 aromatic rings. The average molecular weight is 265 g/mol. The van der Waals surface area contributed by atoms with Crippen LogP contribution in [0, 0.1) is 5.82 Å². The fraction of sp³-hybridized carbons (Fsp3) is 0.333. The topological polar surface area (TPSA) is 12.0 Å². The van der Waals surface area contributed by atoms with Crippen LogP contribution in [0.5, 0.6) is 0 Å². The number of halogens is 3. The van der Waals surface area contributed by atoms with Crippen molar-refractivity contribution in [3.8, 4) is 0 Å². The van der Waals surface area contributed by atoms with Crippen molar-refractivity contribution in [3.63, 3.8) is 0 Å². The van der Waals surface area contributed by atoms with Gasteiger partial charge >= 0.3 is 0 Å². The van der Waals surface area contributed by atoms with E-state index in [1.165, 1.54) is 6.07 Å². The van der Waals surface area contributed by atoms with Gasteiger partial charge in [-0.05, 0) is 18.6 Å². The van der Waals surface area contributed by atoms with E-state index in [1.807, 2.05) is 0 Å². The van der Waals surface area contributed by atoms with E-state index >= 15 is 0 Å². The maximum atomic E-state index is 13.1. The van der Waals surface area contributed by atoms with Crippen LogP contribution in [0.1, 0.15) is 16.8 Å². The normalized spacial score (nSPS) is 20.7. The molecular formula is C9H8BrClFN. The van der Waals surface area contributed by atoms with Gasteiger partial charge in [-0.15, -0.1) is 0 Å². The molecule has 1 N–H and O–H groups in total. The SMILES string of the molecule is Fc1ccc2c(c1Cl)C(Br)CCN2. The summed E-state index contributed by atoms with van der Waals surface area (Å²) in [4.78, 5) is 0.159. The Kier molecular flexibility index (Phi) is 2.47. The largest absolute Gasteiger partial charge is 0.385 e. The first-order chi connectivity index (χ1) is 6.20. The molecule has 1 unspecified atom stereocenters. The van der Waals surface area contributed by atoms with Crippen molar-refractivity contribution in [1.82, 2.24) is 0 Å². The highest BCUT2D eigenvalue weighted by Crippen LogP contribution is 2.41. The molecule has 0 bridgehead atoms. The standard InChI is InChI=1S/C9H8BrClFN/c10-5-3-4-13-7-2-1-6(12)9(11)8(5)7/h1-2,5,13H,3-4H2. The lowest BCUT2D eigenvalue weighted by Gasteiger charge is -2.23. The van der Waals surface area contributed by atoms with E-state index in [-0.39, 0.29) is 15.7 Å². The highest BCUT2D eigenvalue weighted by molar-refractivity contribution is 9.09. The zero-order chi connectivity index (χ0) is 9.42. The molecule has 1 aliphatic rings. The minimum Gasteiger partial charge on any atom is -0.385 e. The predicted octanol–water partition coefficient (Wildman–Crippen LogP) is 3.73. The molecule has 0 spiro atoms. The van der Waals surface area contributed by atoms with E-state index in [1.54, 1.807) is 6.07 Å². The van der Waals surface area contributed by atoms with Crippen LogP contribution in [-0.4, -0.2) is 6.54 Å². The smallest absolute Gasteiger partial charge is 0.142 e. The summed E-state index contributed by atoms with van der Waals surface area (Å²) in [7, 11) is 0. The Morgan fingerprint density at radius 2 is 2.31 bits per heavy atom. The molecule has 0 fully saturated rings. The van der Waals surface area contributed by atoms with Gasteiger partial charge in [-0.1, -0.05) is 27.5 Å². The molecule has 0 amide bonds. The third-order valence-electron chi connectivity index (χ3n) is 2.16. The minimum atomic E-state index is -0.353. The van der Waals surface area contributed by atoms with Gasteiger partial charge in [0.1, 0.15) is 5.82 Å². The van der Waals surface area contributed by atoms with E-state index in [4.69, 9.17) is 11.6 Å². The second-order valence-corrected chi connectivity index (χ2v) is 4.49. The summed E-state index contributed by atoms with van der Waals surface area (Å²) >= 11 is 9.34. The van der Waals surface area contributed by atoms with Crippen molar-refractivity contribution >= 4 is 33.2 Å². The van der Waals surface area contributed by atoms with Crippen molar-refractivity contribution in [2.45, 2.75) is 11.2 Å². The molecule has 1 heterocycles. The Balaban J connectivity index is 2.58. The second kappa shape index (κ2) is 3.46. The first-order valence-electron chi connectivity index (χ1n) is 4.06. The maximum absolute atomic E-state index is 13.1. The zero-order valence-corrected chi connectivity index (χ0v) is 9.12. The summed E-state index contributed by atoms with van der Waals surface area (Å²) < 4.78 is 13.1. The zero-order valence-electron chi connectivity index (χ0n) is 6.78. The van der Waals surface area contributed by atoms with Crippen molar-refractivity contribution in [1.29, 1.82) is 0 Å². The molecule has 0 radical (unpaired) electrons. The van der Waals surface area contributed by atoms with Crippen molar-refractivity contribution in [2.75, 3.05) is 11.9 Å². The van der Waals surface area contributed by atoms with Gasteiger partial charge in [0, 0.05) is 22.6 Å². The van der Waals surface area contributed by atoms with Crippen LogP contribution in [0.2, 0.25) is 5.02 Å². The van der Waals surface area contributed by atoms with Crippen molar-refractivity contribution < 1.29 is 4.39 Å². The van der Waals surface area contributed by atoms with E-state index in [0.717, 1.165) is 24.2 Å². The lowest BCUT2D eigenvalue weighted by atomic mass is 10.0. The first-order valence-corrected chi connectivity index (χ1v) is 5.35. The highest BCUT2D eigenvalue weighted by atomic mass is 79.9. The van der Waals surface area contributed by atoms with E-state index in [2.05, 4.69) is 21.2 Å². The molecule has 1 nitrogen and oxygen atoms in total. The van der Waals surface area contributed by atoms with Gasteiger partial charge in [0.2, 0.25) is 0 Å². The van der Waals surface area contributed by atoms with Gasteiger partial charge in [-0.3, -0.25) is 0 Å². The van der Waals surface area contributed by atoms with Gasteiger partial charge in [-0.2, -0.15) is 0 Å². The summed E-state index contributed by atoms with van der Waals surface area (Å²) in [5, 5.41) is 3.41. The van der Waals surface area contributed by atoms with Crippen LogP contribution in [0.25, 0.3) is 0 Å². The molecule has 13 heavy (non-hydrogen) atoms. The average Bonchev–Trinajstić information content (AvgIpc) is 2.12. The molecule has 4 heteroatoms. The Bertz CT molecular complexity index is 343. The summed E-state index contributed by atoms with van der Waals surface area (Å²) in [6.45, 7) is 0.894. The lowest BCUT2D eigenvalue weighted by molar-refractivity contribution is 0.624. The maximum Gasteiger partial charge on any atom is 0.142 e. The Morgan fingerprint density at radius 3 is 3.08 bits per heavy atom. The summed E-state index contributed by atoms with van der Waals surface area (Å²) in [6, 6.07) is 3.11. The monoisotopic (exact) mass is 263 g/mol. The van der Waals surface area contributed by atoms with Gasteiger partial charge in [0.05, 0.1) is 5.02 Å². The molecule has 70 valence electrons. The molecule has 1 aliphatic heterocycles. The molecular weight excluding hydrogens is 256 g/mol. The van der Waals surface area contributed by atoms with Crippen LogP contribution in [0.4, 0.5) is 10.1 Å². The van der Waals surface area contributed by atoms with Crippen LogP contribution in [0.15, 0.2) is 12.1 Å². The number of alkyl halides is 1. The summed E-state index contributed by atoms with van der Waals surface area (Å²) in [5.74, 6) is -0.353. The van der Waals surface area contributed by atoms with Gasteiger partial charge in [0.15, 0.2) is 0 Å². The molecule has 0 aromatic heterocycles. The fourth-order valence-corrected chi connectivity index (χ4v) is 2.64. The van der Waals surface area contributed by atoms with Crippen molar-refractivity contribution in [3.05, 3.63) is 28.5 Å². The fourth-order valence-electron chi connectivity index (χ4n) is 1.50. The highest BCUT2D eigenvalue weighted by Gasteiger charge is 2.22. The molecule has 1 atom stereocenters. The van der Waals surface area contributed by atoms with Crippen LogP contribution in [0.3, 0.4) is 0 Å². The van der Waals surface area contributed by atoms with E-state index in [0.29, 0.717) is 0 Å². The first kappa shape index (κ1) is 9.28. The van der Waals surface area contributed by atoms with Crippen molar-refractivity contribution in [2.24, 2.45) is 0 Å². The molecule has 0 saturated heterocycles. The molecule has 0 aliphatic carbocycles. The number of hydrogen-bond donors (Lipinski definition) is 1. The minimum absolute atomic E-state index is 0.159. The quantitative estimate of drug-likeness (QED) is 0.704. The second-order valence-electron chi connectivity index (χ2n) is 3.01. The van der Waals surface area contributed by atoms with Gasteiger partial charge in [0.25, 0.3) is 0 Å². The van der Waals surface area contributed by atoms with E-state index < -0.39 is 0 Å².